The molecule has 0 spiro atoms. The first-order valence-electron chi connectivity index (χ1n) is 5.52. The highest BCUT2D eigenvalue weighted by Gasteiger charge is 2.27. The van der Waals surface area contributed by atoms with E-state index in [1.165, 1.54) is 11.1 Å². The predicted octanol–water partition coefficient (Wildman–Crippen LogP) is 0.885. The summed E-state index contributed by atoms with van der Waals surface area (Å²) in [6.07, 6.45) is 5.96. The minimum Gasteiger partial charge on any atom is -0.377 e. The third-order valence-electron chi connectivity index (χ3n) is 3.32. The molecule has 84 valence electrons. The zero-order valence-corrected chi connectivity index (χ0v) is 9.17. The summed E-state index contributed by atoms with van der Waals surface area (Å²) in [6, 6.07) is 0. The van der Waals surface area contributed by atoms with Gasteiger partial charge in [0.2, 0.25) is 0 Å². The average molecular weight is 218 g/mol. The van der Waals surface area contributed by atoms with Crippen LogP contribution in [0.5, 0.6) is 0 Å². The van der Waals surface area contributed by atoms with Gasteiger partial charge < -0.3 is 15.0 Å². The number of H-pyrrole nitrogens is 1. The summed E-state index contributed by atoms with van der Waals surface area (Å²) in [7, 11) is 1.71. The number of rotatable bonds is 1. The fraction of sp³-hybridized carbons (Fsp3) is 0.417. The largest absolute Gasteiger partial charge is 0.377 e. The van der Waals surface area contributed by atoms with Crippen molar-refractivity contribution < 1.29 is 9.53 Å². The van der Waals surface area contributed by atoms with Crippen LogP contribution < -0.4 is 5.32 Å². The van der Waals surface area contributed by atoms with E-state index < -0.39 is 0 Å². The molecule has 4 heteroatoms. The Morgan fingerprint density at radius 3 is 3.12 bits per heavy atom. The van der Waals surface area contributed by atoms with Crippen LogP contribution in [0.15, 0.2) is 6.08 Å². The third kappa shape index (κ3) is 1.30. The van der Waals surface area contributed by atoms with Gasteiger partial charge in [0, 0.05) is 25.8 Å². The van der Waals surface area contributed by atoms with Crippen LogP contribution in [0.25, 0.3) is 6.08 Å². The number of hydrogen-bond donors (Lipinski definition) is 2. The van der Waals surface area contributed by atoms with Crippen molar-refractivity contribution in [2.45, 2.75) is 18.9 Å². The summed E-state index contributed by atoms with van der Waals surface area (Å²) < 4.78 is 5.33. The monoisotopic (exact) mass is 218 g/mol. The quantitative estimate of drug-likeness (QED) is 0.735. The molecule has 1 aromatic rings. The molecule has 0 radical (unpaired) electrons. The van der Waals surface area contributed by atoms with Crippen molar-refractivity contribution in [3.05, 3.63) is 28.6 Å². The summed E-state index contributed by atoms with van der Waals surface area (Å²) in [5, 5.41) is 2.85. The van der Waals surface area contributed by atoms with Gasteiger partial charge in [-0.25, -0.2) is 0 Å². The molecule has 4 nitrogen and oxygen atoms in total. The van der Waals surface area contributed by atoms with Crippen molar-refractivity contribution in [3.8, 4) is 0 Å². The van der Waals surface area contributed by atoms with Crippen LogP contribution in [0, 0.1) is 0 Å². The summed E-state index contributed by atoms with van der Waals surface area (Å²) in [4.78, 5) is 14.9. The van der Waals surface area contributed by atoms with Gasteiger partial charge in [-0.2, -0.15) is 0 Å². The van der Waals surface area contributed by atoms with Gasteiger partial charge in [-0.05, 0) is 23.6 Å². The molecule has 2 heterocycles. The summed E-state index contributed by atoms with van der Waals surface area (Å²) in [5.41, 5.74) is 4.22. The molecule has 2 aliphatic rings. The Hall–Kier alpha value is -1.55. The van der Waals surface area contributed by atoms with E-state index >= 15 is 0 Å². The number of nitrogens with one attached hydrogen (secondary N) is 2. The summed E-state index contributed by atoms with van der Waals surface area (Å²) in [5.74, 6) is 0.0121. The van der Waals surface area contributed by atoms with Crippen LogP contribution >= 0.6 is 0 Å². The third-order valence-corrected chi connectivity index (χ3v) is 3.32. The number of hydrogen-bond acceptors (Lipinski definition) is 2. The molecule has 3 rings (SSSR count). The van der Waals surface area contributed by atoms with Crippen molar-refractivity contribution in [2.24, 2.45) is 0 Å². The standard InChI is InChI=1S/C12H14N2O2/c1-16-7-2-3-10-9(6-7)8-4-5-13-12(15)11(8)14-10/h2-3,7,14H,4-6H2,1H3,(H,13,15). The van der Waals surface area contributed by atoms with Crippen LogP contribution in [0.1, 0.15) is 27.3 Å². The second-order valence-corrected chi connectivity index (χ2v) is 4.21. The van der Waals surface area contributed by atoms with Crippen LogP contribution in [0.3, 0.4) is 0 Å². The van der Waals surface area contributed by atoms with Crippen LogP contribution in [0.2, 0.25) is 0 Å². The molecule has 0 bridgehead atoms. The number of fused-ring (bicyclic) bond motifs is 3. The maximum absolute atomic E-state index is 11.7. The molecule has 16 heavy (non-hydrogen) atoms. The van der Waals surface area contributed by atoms with Crippen LogP contribution in [0.4, 0.5) is 0 Å². The number of carbonyl (C=O) groups excluding carboxylic acids is 1. The maximum Gasteiger partial charge on any atom is 0.268 e. The molecule has 0 fully saturated rings. The first kappa shape index (κ1) is 9.66. The molecular formula is C12H14N2O2. The Labute approximate surface area is 93.7 Å². The molecule has 1 amide bonds. The Balaban J connectivity index is 2.08. The molecule has 0 saturated heterocycles. The fourth-order valence-electron chi connectivity index (χ4n) is 2.47. The Bertz CT molecular complexity index is 474. The maximum atomic E-state index is 11.7. The van der Waals surface area contributed by atoms with Crippen molar-refractivity contribution in [3.63, 3.8) is 0 Å². The van der Waals surface area contributed by atoms with E-state index in [0.717, 1.165) is 30.8 Å². The lowest BCUT2D eigenvalue weighted by Gasteiger charge is -2.18. The number of ether oxygens (including phenoxy) is 1. The fourth-order valence-corrected chi connectivity index (χ4v) is 2.47. The van der Waals surface area contributed by atoms with Crippen molar-refractivity contribution >= 4 is 12.0 Å². The normalized spacial score (nSPS) is 22.6. The van der Waals surface area contributed by atoms with E-state index in [1.54, 1.807) is 7.11 Å². The first-order chi connectivity index (χ1) is 7.79. The second kappa shape index (κ2) is 3.49. The average Bonchev–Trinajstić information content (AvgIpc) is 2.68. The lowest BCUT2D eigenvalue weighted by atomic mass is 9.94. The molecule has 0 saturated carbocycles. The number of amides is 1. The topological polar surface area (TPSA) is 54.1 Å². The molecular weight excluding hydrogens is 204 g/mol. The predicted molar refractivity (Wildman–Crippen MR) is 60.4 cm³/mol. The van der Waals surface area contributed by atoms with Crippen LogP contribution in [-0.4, -0.2) is 30.6 Å². The van der Waals surface area contributed by atoms with Crippen LogP contribution in [-0.2, 0) is 17.6 Å². The highest BCUT2D eigenvalue weighted by molar-refractivity contribution is 5.96. The Kier molecular flexibility index (Phi) is 2.11. The number of methoxy groups -OCH3 is 1. The van der Waals surface area contributed by atoms with Gasteiger partial charge >= 0.3 is 0 Å². The van der Waals surface area contributed by atoms with E-state index in [9.17, 15) is 4.79 Å². The van der Waals surface area contributed by atoms with E-state index in [0.29, 0.717) is 0 Å². The molecule has 1 aliphatic heterocycles. The van der Waals surface area contributed by atoms with E-state index in [4.69, 9.17) is 4.74 Å². The lowest BCUT2D eigenvalue weighted by molar-refractivity contribution is 0.0941. The van der Waals surface area contributed by atoms with Gasteiger partial charge in [-0.1, -0.05) is 6.08 Å². The lowest BCUT2D eigenvalue weighted by Crippen LogP contribution is -2.32. The second-order valence-electron chi connectivity index (χ2n) is 4.21. The van der Waals surface area contributed by atoms with Gasteiger partial charge in [-0.3, -0.25) is 4.79 Å². The number of aromatic nitrogens is 1. The van der Waals surface area contributed by atoms with Gasteiger partial charge in [0.1, 0.15) is 5.69 Å². The molecule has 1 atom stereocenters. The summed E-state index contributed by atoms with van der Waals surface area (Å²) >= 11 is 0. The van der Waals surface area contributed by atoms with Crippen molar-refractivity contribution in [2.75, 3.05) is 13.7 Å². The van der Waals surface area contributed by atoms with Gasteiger partial charge in [0.25, 0.3) is 5.91 Å². The smallest absolute Gasteiger partial charge is 0.268 e. The Morgan fingerprint density at radius 1 is 1.44 bits per heavy atom. The van der Waals surface area contributed by atoms with E-state index in [1.807, 2.05) is 12.2 Å². The first-order valence-corrected chi connectivity index (χ1v) is 5.52. The molecule has 2 N–H and O–H groups in total. The van der Waals surface area contributed by atoms with Crippen molar-refractivity contribution in [1.29, 1.82) is 0 Å². The van der Waals surface area contributed by atoms with Crippen molar-refractivity contribution in [1.82, 2.24) is 10.3 Å². The number of carbonyl (C=O) groups is 1. The zero-order chi connectivity index (χ0) is 11.1. The summed E-state index contributed by atoms with van der Waals surface area (Å²) in [6.45, 7) is 0.734. The highest BCUT2D eigenvalue weighted by atomic mass is 16.5. The SMILES string of the molecule is COC1C=Cc2[nH]c3c(c2C1)CCNC3=O. The number of aromatic amines is 1. The van der Waals surface area contributed by atoms with Gasteiger partial charge in [-0.15, -0.1) is 0 Å². The van der Waals surface area contributed by atoms with Gasteiger partial charge in [0.15, 0.2) is 0 Å². The zero-order valence-electron chi connectivity index (χ0n) is 9.17. The Morgan fingerprint density at radius 2 is 2.31 bits per heavy atom. The van der Waals surface area contributed by atoms with E-state index in [-0.39, 0.29) is 12.0 Å². The van der Waals surface area contributed by atoms with E-state index in [2.05, 4.69) is 10.3 Å². The molecule has 1 unspecified atom stereocenters. The van der Waals surface area contributed by atoms with Gasteiger partial charge in [0.05, 0.1) is 6.10 Å². The molecule has 1 aromatic heterocycles. The molecule has 1 aliphatic carbocycles. The minimum atomic E-state index is 0.0121. The minimum absolute atomic E-state index is 0.0121. The highest BCUT2D eigenvalue weighted by Crippen LogP contribution is 2.28. The molecule has 0 aromatic carbocycles.